The molecule has 1 aliphatic heterocycles. The number of methoxy groups -OCH3 is 1. The summed E-state index contributed by atoms with van der Waals surface area (Å²) in [7, 11) is 1.32. The number of anilines is 1. The van der Waals surface area contributed by atoms with Crippen LogP contribution in [0.3, 0.4) is 0 Å². The van der Waals surface area contributed by atoms with Crippen molar-refractivity contribution in [2.45, 2.75) is 12.3 Å². The Hall–Kier alpha value is -3.48. The first kappa shape index (κ1) is 17.0. The molecule has 27 heavy (non-hydrogen) atoms. The number of carbonyl (C=O) groups excluding carboxylic acids is 2. The molecule has 3 aromatic rings. The van der Waals surface area contributed by atoms with Gasteiger partial charge in [-0.15, -0.1) is 0 Å². The first-order chi connectivity index (χ1) is 13.1. The minimum atomic E-state index is -0.424. The first-order valence-electron chi connectivity index (χ1n) is 8.38. The number of ether oxygens (including phenoxy) is 1. The molecule has 0 aliphatic carbocycles. The van der Waals surface area contributed by atoms with Gasteiger partial charge in [0.15, 0.2) is 0 Å². The van der Waals surface area contributed by atoms with Gasteiger partial charge in [-0.25, -0.2) is 14.2 Å². The van der Waals surface area contributed by atoms with Crippen LogP contribution in [0, 0.1) is 5.82 Å². The van der Waals surface area contributed by atoms with E-state index >= 15 is 0 Å². The Labute approximate surface area is 154 Å². The fourth-order valence-corrected chi connectivity index (χ4v) is 3.28. The Kier molecular flexibility index (Phi) is 4.19. The van der Waals surface area contributed by atoms with Gasteiger partial charge in [0, 0.05) is 12.3 Å². The summed E-state index contributed by atoms with van der Waals surface area (Å²) < 4.78 is 20.4. The van der Waals surface area contributed by atoms with E-state index in [0.717, 1.165) is 5.56 Å². The number of para-hydroxylation sites is 1. The van der Waals surface area contributed by atoms with Crippen molar-refractivity contribution < 1.29 is 18.7 Å². The van der Waals surface area contributed by atoms with Gasteiger partial charge in [-0.05, 0) is 29.8 Å². The lowest BCUT2D eigenvalue weighted by molar-refractivity contribution is -0.116. The number of fused-ring (bicyclic) bond motifs is 1. The van der Waals surface area contributed by atoms with Crippen LogP contribution in [0.2, 0.25) is 0 Å². The third kappa shape index (κ3) is 2.97. The van der Waals surface area contributed by atoms with Crippen molar-refractivity contribution in [1.82, 2.24) is 9.55 Å². The molecule has 0 spiro atoms. The number of hydrogen-bond acceptors (Lipinski definition) is 4. The molecule has 4 rings (SSSR count). The standard InChI is InChI=1S/C20H16FN3O3/c1-27-20(26)13-8-6-12(7-9-13)14-10-17(25)23-19-18(14)22-11-24(19)16-5-3-2-4-15(16)21/h2-9,11,14H,10H2,1H3,(H,23,25)/t14-/m1/s1. The van der Waals surface area contributed by atoms with Crippen LogP contribution in [-0.2, 0) is 9.53 Å². The van der Waals surface area contributed by atoms with Gasteiger partial charge in [-0.3, -0.25) is 9.36 Å². The number of aromatic nitrogens is 2. The zero-order valence-electron chi connectivity index (χ0n) is 14.5. The molecule has 0 fully saturated rings. The average Bonchev–Trinajstić information content (AvgIpc) is 3.10. The molecule has 2 aromatic carbocycles. The minimum absolute atomic E-state index is 0.178. The van der Waals surface area contributed by atoms with E-state index in [-0.39, 0.29) is 18.2 Å². The molecule has 7 heteroatoms. The van der Waals surface area contributed by atoms with Gasteiger partial charge < -0.3 is 10.1 Å². The van der Waals surface area contributed by atoms with Gasteiger partial charge in [0.1, 0.15) is 18.0 Å². The highest BCUT2D eigenvalue weighted by Crippen LogP contribution is 2.37. The van der Waals surface area contributed by atoms with Crippen LogP contribution in [-0.4, -0.2) is 28.5 Å². The Morgan fingerprint density at radius 1 is 1.22 bits per heavy atom. The largest absolute Gasteiger partial charge is 0.465 e. The molecule has 136 valence electrons. The first-order valence-corrected chi connectivity index (χ1v) is 8.38. The van der Waals surface area contributed by atoms with Crippen molar-refractivity contribution >= 4 is 17.7 Å². The van der Waals surface area contributed by atoms with Gasteiger partial charge >= 0.3 is 5.97 Å². The number of hydrogen-bond donors (Lipinski definition) is 1. The van der Waals surface area contributed by atoms with E-state index < -0.39 is 11.8 Å². The zero-order chi connectivity index (χ0) is 19.0. The molecule has 1 amide bonds. The minimum Gasteiger partial charge on any atom is -0.465 e. The number of benzene rings is 2. The summed E-state index contributed by atoms with van der Waals surface area (Å²) in [4.78, 5) is 28.3. The maximum absolute atomic E-state index is 14.2. The lowest BCUT2D eigenvalue weighted by Crippen LogP contribution is -2.25. The van der Waals surface area contributed by atoms with Crippen LogP contribution in [0.25, 0.3) is 5.69 Å². The average molecular weight is 365 g/mol. The third-order valence-corrected chi connectivity index (χ3v) is 4.62. The van der Waals surface area contributed by atoms with Crippen molar-refractivity contribution in [2.24, 2.45) is 0 Å². The van der Waals surface area contributed by atoms with Gasteiger partial charge in [-0.2, -0.15) is 0 Å². The predicted octanol–water partition coefficient (Wildman–Crippen LogP) is 3.27. The SMILES string of the molecule is COC(=O)c1ccc([C@H]2CC(=O)Nc3c2ncn3-c2ccccc2F)cc1. The van der Waals surface area contributed by atoms with Crippen molar-refractivity contribution in [1.29, 1.82) is 0 Å². The van der Waals surface area contributed by atoms with E-state index in [4.69, 9.17) is 4.74 Å². The van der Waals surface area contributed by atoms with E-state index in [0.29, 0.717) is 22.8 Å². The smallest absolute Gasteiger partial charge is 0.337 e. The van der Waals surface area contributed by atoms with Crippen molar-refractivity contribution in [3.05, 3.63) is 77.5 Å². The van der Waals surface area contributed by atoms with Crippen LogP contribution in [0.4, 0.5) is 10.2 Å². The summed E-state index contributed by atoms with van der Waals surface area (Å²) in [6, 6.07) is 13.2. The maximum atomic E-state index is 14.2. The van der Waals surface area contributed by atoms with Crippen molar-refractivity contribution in [3.63, 3.8) is 0 Å². The summed E-state index contributed by atoms with van der Waals surface area (Å²) in [5.74, 6) is -0.835. The topological polar surface area (TPSA) is 73.2 Å². The number of imidazole rings is 1. The molecule has 1 N–H and O–H groups in total. The highest BCUT2D eigenvalue weighted by Gasteiger charge is 2.31. The van der Waals surface area contributed by atoms with Gasteiger partial charge in [0.05, 0.1) is 24.1 Å². The van der Waals surface area contributed by atoms with E-state index in [9.17, 15) is 14.0 Å². The number of carbonyl (C=O) groups is 2. The van der Waals surface area contributed by atoms with Crippen molar-refractivity contribution in [2.75, 3.05) is 12.4 Å². The monoisotopic (exact) mass is 365 g/mol. The third-order valence-electron chi connectivity index (χ3n) is 4.62. The van der Waals surface area contributed by atoms with Gasteiger partial charge in [0.2, 0.25) is 5.91 Å². The molecule has 0 saturated heterocycles. The van der Waals surface area contributed by atoms with Crippen LogP contribution in [0.15, 0.2) is 54.9 Å². The maximum Gasteiger partial charge on any atom is 0.337 e. The lowest BCUT2D eigenvalue weighted by atomic mass is 9.89. The Bertz CT molecular complexity index is 1030. The van der Waals surface area contributed by atoms with Gasteiger partial charge in [-0.1, -0.05) is 24.3 Å². The number of esters is 1. The molecular weight excluding hydrogens is 349 g/mol. The molecule has 0 bridgehead atoms. The lowest BCUT2D eigenvalue weighted by Gasteiger charge is -2.23. The Morgan fingerprint density at radius 2 is 1.96 bits per heavy atom. The summed E-state index contributed by atoms with van der Waals surface area (Å²) in [5, 5.41) is 2.79. The number of amides is 1. The number of halogens is 1. The predicted molar refractivity (Wildman–Crippen MR) is 96.4 cm³/mol. The highest BCUT2D eigenvalue weighted by atomic mass is 19.1. The molecule has 0 radical (unpaired) electrons. The zero-order valence-corrected chi connectivity index (χ0v) is 14.5. The summed E-state index contributed by atoms with van der Waals surface area (Å²) in [6.07, 6.45) is 1.73. The van der Waals surface area contributed by atoms with Crippen LogP contribution in [0.5, 0.6) is 0 Å². The number of nitrogens with zero attached hydrogens (tertiary/aromatic N) is 2. The quantitative estimate of drug-likeness (QED) is 0.723. The molecule has 1 aromatic heterocycles. The second kappa shape index (κ2) is 6.68. The van der Waals surface area contributed by atoms with Crippen LogP contribution < -0.4 is 5.32 Å². The fraction of sp³-hybridized carbons (Fsp3) is 0.150. The Morgan fingerprint density at radius 3 is 2.67 bits per heavy atom. The van der Waals surface area contributed by atoms with Crippen molar-refractivity contribution in [3.8, 4) is 5.69 Å². The number of rotatable bonds is 3. The molecular formula is C20H16FN3O3. The van der Waals surface area contributed by atoms with Crippen LogP contribution in [0.1, 0.15) is 34.0 Å². The molecule has 1 aliphatic rings. The second-order valence-electron chi connectivity index (χ2n) is 6.22. The second-order valence-corrected chi connectivity index (χ2v) is 6.22. The van der Waals surface area contributed by atoms with E-state index in [1.807, 2.05) is 0 Å². The van der Waals surface area contributed by atoms with E-state index in [2.05, 4.69) is 10.3 Å². The van der Waals surface area contributed by atoms with E-state index in [1.54, 1.807) is 42.5 Å². The Balaban J connectivity index is 1.75. The molecule has 0 unspecified atom stereocenters. The fourth-order valence-electron chi connectivity index (χ4n) is 3.28. The molecule has 1 atom stereocenters. The molecule has 2 heterocycles. The van der Waals surface area contributed by atoms with Crippen LogP contribution >= 0.6 is 0 Å². The highest BCUT2D eigenvalue weighted by molar-refractivity contribution is 5.94. The summed E-state index contributed by atoms with van der Waals surface area (Å²) in [5.41, 5.74) is 2.24. The molecule has 0 saturated carbocycles. The normalized spacial score (nSPS) is 15.8. The number of nitrogens with one attached hydrogen (secondary N) is 1. The summed E-state index contributed by atoms with van der Waals surface area (Å²) in [6.45, 7) is 0. The molecule has 6 nitrogen and oxygen atoms in total. The summed E-state index contributed by atoms with van der Waals surface area (Å²) >= 11 is 0. The van der Waals surface area contributed by atoms with E-state index in [1.165, 1.54) is 24.1 Å². The van der Waals surface area contributed by atoms with Gasteiger partial charge in [0.25, 0.3) is 0 Å².